The lowest BCUT2D eigenvalue weighted by Gasteiger charge is -2.37. The molecule has 2 rings (SSSR count). The molecule has 1 fully saturated rings. The molecule has 100 valence electrons. The molecule has 2 N–H and O–H groups in total. The van der Waals surface area contributed by atoms with Crippen LogP contribution in [0.15, 0.2) is 12.3 Å². The molecule has 1 saturated heterocycles. The molecule has 0 aliphatic carbocycles. The summed E-state index contributed by atoms with van der Waals surface area (Å²) in [6.45, 7) is 5.21. The maximum Gasteiger partial charge on any atom is 0.270 e. The lowest BCUT2D eigenvalue weighted by Crippen LogP contribution is -2.45. The molecule has 1 amide bonds. The molecule has 0 saturated carbocycles. The van der Waals surface area contributed by atoms with E-state index in [2.05, 4.69) is 13.8 Å². The Balaban J connectivity index is 2.19. The van der Waals surface area contributed by atoms with Crippen molar-refractivity contribution in [2.75, 3.05) is 12.3 Å². The van der Waals surface area contributed by atoms with Gasteiger partial charge in [-0.05, 0) is 31.7 Å². The molecule has 0 aromatic carbocycles. The van der Waals surface area contributed by atoms with Gasteiger partial charge >= 0.3 is 0 Å². The molecule has 1 aliphatic rings. The number of anilines is 1. The maximum atomic E-state index is 12.6. The van der Waals surface area contributed by atoms with Gasteiger partial charge in [0.1, 0.15) is 5.69 Å². The summed E-state index contributed by atoms with van der Waals surface area (Å²) in [5, 5.41) is 0. The van der Waals surface area contributed by atoms with Crippen LogP contribution in [-0.4, -0.2) is 28.0 Å². The van der Waals surface area contributed by atoms with Crippen molar-refractivity contribution in [3.63, 3.8) is 0 Å². The zero-order chi connectivity index (χ0) is 13.3. The summed E-state index contributed by atoms with van der Waals surface area (Å²) in [5.41, 5.74) is 7.08. The second kappa shape index (κ2) is 5.04. The monoisotopic (exact) mass is 249 g/mol. The molecular weight excluding hydrogens is 226 g/mol. The molecule has 4 nitrogen and oxygen atoms in total. The molecule has 0 bridgehead atoms. The fourth-order valence-electron chi connectivity index (χ4n) is 2.75. The molecule has 2 heterocycles. The second-order valence-electron chi connectivity index (χ2n) is 5.43. The van der Waals surface area contributed by atoms with E-state index >= 15 is 0 Å². The molecule has 1 aliphatic heterocycles. The highest BCUT2D eigenvalue weighted by Gasteiger charge is 2.29. The van der Waals surface area contributed by atoms with Gasteiger partial charge in [-0.3, -0.25) is 4.79 Å². The van der Waals surface area contributed by atoms with Crippen LogP contribution in [0.1, 0.15) is 43.6 Å². The number of nitrogens with zero attached hydrogens (tertiary/aromatic N) is 2. The van der Waals surface area contributed by atoms with Gasteiger partial charge in [0, 0.05) is 25.8 Å². The molecule has 18 heavy (non-hydrogen) atoms. The number of carbonyl (C=O) groups is 1. The Morgan fingerprint density at radius 2 is 2.22 bits per heavy atom. The number of aryl methyl sites for hydroxylation is 1. The zero-order valence-corrected chi connectivity index (χ0v) is 11.5. The Bertz CT molecular complexity index is 438. The van der Waals surface area contributed by atoms with Crippen molar-refractivity contribution in [1.29, 1.82) is 0 Å². The average molecular weight is 249 g/mol. The largest absolute Gasteiger partial charge is 0.397 e. The maximum absolute atomic E-state index is 12.6. The van der Waals surface area contributed by atoms with Gasteiger partial charge in [0.15, 0.2) is 0 Å². The van der Waals surface area contributed by atoms with Crippen molar-refractivity contribution in [2.45, 2.75) is 39.2 Å². The smallest absolute Gasteiger partial charge is 0.270 e. The predicted molar refractivity (Wildman–Crippen MR) is 73.3 cm³/mol. The van der Waals surface area contributed by atoms with Gasteiger partial charge in [-0.2, -0.15) is 0 Å². The van der Waals surface area contributed by atoms with Crippen molar-refractivity contribution in [3.8, 4) is 0 Å². The first-order chi connectivity index (χ1) is 8.52. The van der Waals surface area contributed by atoms with Crippen molar-refractivity contribution < 1.29 is 4.79 Å². The molecule has 1 aromatic heterocycles. The summed E-state index contributed by atoms with van der Waals surface area (Å²) in [6.07, 6.45) is 5.27. The number of rotatable bonds is 2. The van der Waals surface area contributed by atoms with E-state index in [1.54, 1.807) is 12.3 Å². The minimum atomic E-state index is 0.111. The average Bonchev–Trinajstić information content (AvgIpc) is 2.68. The molecule has 4 heteroatoms. The van der Waals surface area contributed by atoms with Gasteiger partial charge in [0.2, 0.25) is 0 Å². The van der Waals surface area contributed by atoms with E-state index in [0.29, 0.717) is 23.3 Å². The van der Waals surface area contributed by atoms with E-state index < -0.39 is 0 Å². The number of piperidine rings is 1. The fourth-order valence-corrected chi connectivity index (χ4v) is 2.75. The van der Waals surface area contributed by atoms with Crippen LogP contribution in [0.4, 0.5) is 5.69 Å². The van der Waals surface area contributed by atoms with E-state index in [0.717, 1.165) is 19.4 Å². The Labute approximate surface area is 109 Å². The number of aromatic nitrogens is 1. The van der Waals surface area contributed by atoms with Gasteiger partial charge < -0.3 is 15.2 Å². The Morgan fingerprint density at radius 3 is 2.78 bits per heavy atom. The molecule has 0 spiro atoms. The standard InChI is InChI=1S/C14H23N3O/c1-4-11-6-5-10(2)17(8-11)14(18)13-7-12(15)9-16(13)3/h7,9-11H,4-6,8,15H2,1-3H3. The van der Waals surface area contributed by atoms with E-state index in [1.165, 1.54) is 6.42 Å². The Morgan fingerprint density at radius 1 is 1.50 bits per heavy atom. The van der Waals surface area contributed by atoms with Crippen LogP contribution >= 0.6 is 0 Å². The predicted octanol–water partition coefficient (Wildman–Crippen LogP) is 2.26. The lowest BCUT2D eigenvalue weighted by atomic mass is 9.91. The quantitative estimate of drug-likeness (QED) is 0.874. The molecular formula is C14H23N3O. The van der Waals surface area contributed by atoms with Crippen molar-refractivity contribution in [3.05, 3.63) is 18.0 Å². The molecule has 0 radical (unpaired) electrons. The summed E-state index contributed by atoms with van der Waals surface area (Å²) in [7, 11) is 1.87. The normalized spacial score (nSPS) is 24.3. The van der Waals surface area contributed by atoms with Crippen molar-refractivity contribution >= 4 is 11.6 Å². The van der Waals surface area contributed by atoms with Crippen LogP contribution < -0.4 is 5.73 Å². The minimum absolute atomic E-state index is 0.111. The SMILES string of the molecule is CCC1CCC(C)N(C(=O)c2cc(N)cn2C)C1. The topological polar surface area (TPSA) is 51.3 Å². The lowest BCUT2D eigenvalue weighted by molar-refractivity contribution is 0.0547. The minimum Gasteiger partial charge on any atom is -0.397 e. The number of carbonyl (C=O) groups excluding carboxylic acids is 1. The highest BCUT2D eigenvalue weighted by Crippen LogP contribution is 2.26. The number of nitrogen functional groups attached to an aromatic ring is 1. The Kier molecular flexibility index (Phi) is 3.64. The number of hydrogen-bond acceptors (Lipinski definition) is 2. The second-order valence-corrected chi connectivity index (χ2v) is 5.43. The number of amides is 1. The van der Waals surface area contributed by atoms with Crippen LogP contribution in [0.3, 0.4) is 0 Å². The molecule has 1 aromatic rings. The summed E-state index contributed by atoms with van der Waals surface area (Å²) in [5.74, 6) is 0.752. The summed E-state index contributed by atoms with van der Waals surface area (Å²) in [4.78, 5) is 14.6. The summed E-state index contributed by atoms with van der Waals surface area (Å²) >= 11 is 0. The Hall–Kier alpha value is -1.45. The van der Waals surface area contributed by atoms with E-state index in [1.807, 2.05) is 16.5 Å². The van der Waals surface area contributed by atoms with Gasteiger partial charge in [-0.25, -0.2) is 0 Å². The first-order valence-electron chi connectivity index (χ1n) is 6.75. The number of hydrogen-bond donors (Lipinski definition) is 1. The molecule has 2 atom stereocenters. The van der Waals surface area contributed by atoms with Crippen molar-refractivity contribution in [1.82, 2.24) is 9.47 Å². The highest BCUT2D eigenvalue weighted by atomic mass is 16.2. The van der Waals surface area contributed by atoms with Gasteiger partial charge in [0.05, 0.1) is 5.69 Å². The first kappa shape index (κ1) is 13.0. The van der Waals surface area contributed by atoms with Crippen LogP contribution in [0.5, 0.6) is 0 Å². The van der Waals surface area contributed by atoms with Crippen LogP contribution in [0, 0.1) is 5.92 Å². The molecule has 2 unspecified atom stereocenters. The van der Waals surface area contributed by atoms with E-state index in [-0.39, 0.29) is 5.91 Å². The van der Waals surface area contributed by atoms with Crippen LogP contribution in [-0.2, 0) is 7.05 Å². The third kappa shape index (κ3) is 2.37. The zero-order valence-electron chi connectivity index (χ0n) is 11.5. The van der Waals surface area contributed by atoms with E-state index in [9.17, 15) is 4.79 Å². The first-order valence-corrected chi connectivity index (χ1v) is 6.75. The van der Waals surface area contributed by atoms with E-state index in [4.69, 9.17) is 5.73 Å². The van der Waals surface area contributed by atoms with Gasteiger partial charge in [-0.1, -0.05) is 13.3 Å². The number of nitrogens with two attached hydrogens (primary N) is 1. The van der Waals surface area contributed by atoms with Gasteiger partial charge in [-0.15, -0.1) is 0 Å². The number of likely N-dealkylation sites (tertiary alicyclic amines) is 1. The highest BCUT2D eigenvalue weighted by molar-refractivity contribution is 5.94. The van der Waals surface area contributed by atoms with Crippen molar-refractivity contribution in [2.24, 2.45) is 13.0 Å². The summed E-state index contributed by atoms with van der Waals surface area (Å²) < 4.78 is 1.82. The van der Waals surface area contributed by atoms with Crippen LogP contribution in [0.25, 0.3) is 0 Å². The fraction of sp³-hybridized carbons (Fsp3) is 0.643. The summed E-state index contributed by atoms with van der Waals surface area (Å²) in [6, 6.07) is 2.10. The van der Waals surface area contributed by atoms with Crippen LogP contribution in [0.2, 0.25) is 0 Å². The third-order valence-corrected chi connectivity index (χ3v) is 4.06. The third-order valence-electron chi connectivity index (χ3n) is 4.06. The van der Waals surface area contributed by atoms with Gasteiger partial charge in [0.25, 0.3) is 5.91 Å².